The zero-order valence-corrected chi connectivity index (χ0v) is 35.3. The molecule has 6 atom stereocenters. The Morgan fingerprint density at radius 3 is 1.61 bits per heavy atom. The van der Waals surface area contributed by atoms with Gasteiger partial charge in [0.15, 0.2) is 0 Å². The number of H-pyrrole nitrogens is 2. The Labute approximate surface area is 357 Å². The number of carboxylic acids is 1. The van der Waals surface area contributed by atoms with E-state index in [0.717, 1.165) is 21.8 Å². The first kappa shape index (κ1) is 45.7. The number of para-hydroxylation sites is 2. The van der Waals surface area contributed by atoms with E-state index >= 15 is 0 Å². The third-order valence-corrected chi connectivity index (χ3v) is 11.1. The van der Waals surface area contributed by atoms with Crippen molar-refractivity contribution in [1.29, 1.82) is 0 Å². The Bertz CT molecular complexity index is 2330. The number of fused-ring (bicyclic) bond motifs is 2. The summed E-state index contributed by atoms with van der Waals surface area (Å²) >= 11 is 1.43. The second kappa shape index (κ2) is 21.3. The lowest BCUT2D eigenvalue weighted by atomic mass is 10.0. The monoisotopic (exact) mass is 854 g/mol. The normalized spacial score (nSPS) is 14.3. The summed E-state index contributed by atoms with van der Waals surface area (Å²) in [4.78, 5) is 87.8. The first-order valence-corrected chi connectivity index (χ1v) is 21.4. The molecule has 3 aromatic carbocycles. The van der Waals surface area contributed by atoms with Crippen molar-refractivity contribution in [2.45, 2.75) is 82.7 Å². The number of carboxylic acid groups (broad SMARTS) is 1. The average Bonchev–Trinajstić information content (AvgIpc) is 3.85. The van der Waals surface area contributed by atoms with Crippen LogP contribution in [0.1, 0.15) is 43.9 Å². The van der Waals surface area contributed by atoms with Crippen molar-refractivity contribution < 1.29 is 39.0 Å². The van der Waals surface area contributed by atoms with Crippen molar-refractivity contribution in [3.05, 3.63) is 102 Å². The predicted octanol–water partition coefficient (Wildman–Crippen LogP) is 2.65. The Hall–Kier alpha value is -6.33. The molecule has 5 aromatic rings. The van der Waals surface area contributed by atoms with Gasteiger partial charge in [0.25, 0.3) is 0 Å². The molecule has 5 amide bonds. The quantitative estimate of drug-likeness (QED) is 0.0516. The largest absolute Gasteiger partial charge is 0.508 e. The van der Waals surface area contributed by atoms with E-state index in [1.807, 2.05) is 54.8 Å². The third-order valence-electron chi connectivity index (χ3n) is 10.5. The first-order valence-electron chi connectivity index (χ1n) is 20.0. The number of carbonyl (C=O) groups excluding carboxylic acids is 5. The molecular formula is C44H54N8O8S. The fourth-order valence-electron chi connectivity index (χ4n) is 6.82. The van der Waals surface area contributed by atoms with Crippen LogP contribution in [0.5, 0.6) is 5.75 Å². The number of carbonyl (C=O) groups is 6. The van der Waals surface area contributed by atoms with E-state index in [4.69, 9.17) is 5.73 Å². The summed E-state index contributed by atoms with van der Waals surface area (Å²) in [5, 5.41) is 34.9. The number of aromatic amines is 2. The molecule has 16 nitrogen and oxygen atoms in total. The van der Waals surface area contributed by atoms with Gasteiger partial charge in [-0.05, 0) is 72.2 Å². The van der Waals surface area contributed by atoms with Crippen molar-refractivity contribution >= 4 is 69.1 Å². The van der Waals surface area contributed by atoms with Gasteiger partial charge in [0, 0.05) is 53.5 Å². The zero-order chi connectivity index (χ0) is 44.2. The smallest absolute Gasteiger partial charge is 0.326 e. The van der Waals surface area contributed by atoms with Crippen LogP contribution in [0.4, 0.5) is 0 Å². The molecule has 0 spiro atoms. The molecule has 0 saturated carbocycles. The molecular weight excluding hydrogens is 801 g/mol. The highest BCUT2D eigenvalue weighted by Crippen LogP contribution is 2.22. The van der Waals surface area contributed by atoms with E-state index in [-0.39, 0.29) is 37.4 Å². The van der Waals surface area contributed by atoms with Crippen molar-refractivity contribution in [1.82, 2.24) is 36.6 Å². The van der Waals surface area contributed by atoms with Crippen LogP contribution < -0.4 is 32.3 Å². The number of nitrogens with two attached hydrogens (primary N) is 1. The second-order valence-corrected chi connectivity index (χ2v) is 16.3. The maximum atomic E-state index is 14.5. The van der Waals surface area contributed by atoms with Crippen molar-refractivity contribution in [3.8, 4) is 5.75 Å². The number of hydrogen-bond acceptors (Lipinski definition) is 9. The lowest BCUT2D eigenvalue weighted by Crippen LogP contribution is -2.60. The summed E-state index contributed by atoms with van der Waals surface area (Å²) in [6, 6.07) is 13.8. The molecule has 0 aliphatic carbocycles. The van der Waals surface area contributed by atoms with Gasteiger partial charge < -0.3 is 52.5 Å². The fourth-order valence-corrected chi connectivity index (χ4v) is 7.29. The fraction of sp³-hybridized carbons (Fsp3) is 0.364. The summed E-state index contributed by atoms with van der Waals surface area (Å²) in [5.41, 5.74) is 9.58. The highest BCUT2D eigenvalue weighted by molar-refractivity contribution is 7.98. The number of benzene rings is 3. The number of hydrogen-bond donors (Lipinski definition) is 10. The standard InChI is InChI=1S/C44H54N8O8S/c1-24(2)38(45)43(58)48-25(3)39(54)50-35(20-27-22-46-32-11-7-5-9-30(27)32)42(57)51-36(21-28-23-47-33-12-8-6-10-31(28)33)41(56)49-34(17-18-61-4)40(55)52-37(44(59)60)19-26-13-15-29(53)16-14-26/h5-16,22-25,34-38,46-47,53H,17-21,45H2,1-4H3,(H,48,58)(H,49,56)(H,50,54)(H,51,57)(H,52,55)(H,59,60)/t25-,34-,35-,36-,37-,38-/m0/s1. The van der Waals surface area contributed by atoms with Crippen LogP contribution in [0, 0.1) is 5.92 Å². The van der Waals surface area contributed by atoms with E-state index in [1.54, 1.807) is 38.4 Å². The first-order chi connectivity index (χ1) is 29.1. The number of aliphatic carboxylic acids is 1. The lowest BCUT2D eigenvalue weighted by molar-refractivity contribution is -0.142. The van der Waals surface area contributed by atoms with Gasteiger partial charge in [-0.15, -0.1) is 0 Å². The number of aromatic hydroxyl groups is 1. The van der Waals surface area contributed by atoms with Crippen LogP contribution in [0.2, 0.25) is 0 Å². The van der Waals surface area contributed by atoms with Gasteiger partial charge in [0.1, 0.15) is 36.0 Å². The Balaban J connectivity index is 1.43. The van der Waals surface area contributed by atoms with E-state index in [0.29, 0.717) is 22.4 Å². The summed E-state index contributed by atoms with van der Waals surface area (Å²) in [7, 11) is 0. The minimum atomic E-state index is -1.35. The van der Waals surface area contributed by atoms with Gasteiger partial charge in [-0.1, -0.05) is 62.4 Å². The Morgan fingerprint density at radius 1 is 0.623 bits per heavy atom. The molecule has 0 unspecified atom stereocenters. The maximum absolute atomic E-state index is 14.5. The predicted molar refractivity (Wildman–Crippen MR) is 235 cm³/mol. The minimum Gasteiger partial charge on any atom is -0.508 e. The van der Waals surface area contributed by atoms with Gasteiger partial charge >= 0.3 is 5.97 Å². The highest BCUT2D eigenvalue weighted by atomic mass is 32.2. The molecule has 0 saturated heterocycles. The van der Waals surface area contributed by atoms with Crippen molar-refractivity contribution in [2.75, 3.05) is 12.0 Å². The molecule has 0 fully saturated rings. The topological polar surface area (TPSA) is 261 Å². The minimum absolute atomic E-state index is 0.00538. The number of nitrogens with one attached hydrogen (secondary N) is 7. The summed E-state index contributed by atoms with van der Waals surface area (Å²) in [6.07, 6.45) is 5.33. The van der Waals surface area contributed by atoms with E-state index < -0.39 is 71.8 Å². The Morgan fingerprint density at radius 2 is 1.10 bits per heavy atom. The molecule has 5 rings (SSSR count). The van der Waals surface area contributed by atoms with Gasteiger partial charge in [0.2, 0.25) is 29.5 Å². The molecule has 11 N–H and O–H groups in total. The SMILES string of the molecule is CSCC[C@H](NC(=O)[C@H](Cc1c[nH]c2ccccc12)NC(=O)[C@H](Cc1c[nH]c2ccccc12)NC(=O)[C@H](C)NC(=O)[C@@H](N)C(C)C)C(=O)N[C@@H](Cc1ccc(O)cc1)C(=O)O. The molecule has 0 aliphatic heterocycles. The number of aromatic nitrogens is 2. The van der Waals surface area contributed by atoms with Crippen LogP contribution in [0.15, 0.2) is 85.2 Å². The van der Waals surface area contributed by atoms with Crippen LogP contribution >= 0.6 is 11.8 Å². The molecule has 2 aromatic heterocycles. The third kappa shape index (κ3) is 12.4. The second-order valence-electron chi connectivity index (χ2n) is 15.4. The van der Waals surface area contributed by atoms with Crippen LogP contribution in [-0.2, 0) is 48.0 Å². The van der Waals surface area contributed by atoms with Gasteiger partial charge in [-0.2, -0.15) is 11.8 Å². The van der Waals surface area contributed by atoms with E-state index in [9.17, 15) is 39.0 Å². The molecule has 324 valence electrons. The average molecular weight is 855 g/mol. The zero-order valence-electron chi connectivity index (χ0n) is 34.5. The number of amides is 5. The van der Waals surface area contributed by atoms with Gasteiger partial charge in [0.05, 0.1) is 6.04 Å². The maximum Gasteiger partial charge on any atom is 0.326 e. The highest BCUT2D eigenvalue weighted by Gasteiger charge is 2.33. The molecule has 0 aliphatic rings. The number of phenols is 1. The summed E-state index contributed by atoms with van der Waals surface area (Å²) < 4.78 is 0. The molecule has 0 radical (unpaired) electrons. The van der Waals surface area contributed by atoms with Crippen molar-refractivity contribution in [2.24, 2.45) is 11.7 Å². The summed E-state index contributed by atoms with van der Waals surface area (Å²) in [6.45, 7) is 5.04. The number of rotatable bonds is 21. The van der Waals surface area contributed by atoms with Gasteiger partial charge in [-0.3, -0.25) is 24.0 Å². The Kier molecular flexibility index (Phi) is 16.0. The van der Waals surface area contributed by atoms with Crippen LogP contribution in [0.3, 0.4) is 0 Å². The summed E-state index contributed by atoms with van der Waals surface area (Å²) in [5.74, 6) is -4.38. The van der Waals surface area contributed by atoms with Crippen molar-refractivity contribution in [3.63, 3.8) is 0 Å². The lowest BCUT2D eigenvalue weighted by Gasteiger charge is -2.27. The number of phenolic OH excluding ortho intramolecular Hbond substituents is 1. The van der Waals surface area contributed by atoms with Crippen LogP contribution in [0.25, 0.3) is 21.8 Å². The molecule has 2 heterocycles. The van der Waals surface area contributed by atoms with Crippen LogP contribution in [-0.4, -0.2) is 104 Å². The molecule has 61 heavy (non-hydrogen) atoms. The molecule has 0 bridgehead atoms. The van der Waals surface area contributed by atoms with E-state index in [1.165, 1.54) is 30.8 Å². The molecule has 17 heteroatoms. The van der Waals surface area contributed by atoms with Gasteiger partial charge in [-0.25, -0.2) is 4.79 Å². The van der Waals surface area contributed by atoms with E-state index in [2.05, 4.69) is 36.6 Å². The number of thioether (sulfide) groups is 1.